The predicted octanol–water partition coefficient (Wildman–Crippen LogP) is 4.42. The van der Waals surface area contributed by atoms with Crippen molar-refractivity contribution in [1.29, 1.82) is 0 Å². The minimum Gasteiger partial charge on any atom is -0.301 e. The third-order valence-corrected chi connectivity index (χ3v) is 5.22. The Labute approximate surface area is 140 Å². The summed E-state index contributed by atoms with van der Waals surface area (Å²) in [5, 5.41) is 0. The molecule has 1 aromatic rings. The Morgan fingerprint density at radius 3 is 2.42 bits per heavy atom. The van der Waals surface area contributed by atoms with E-state index < -0.39 is 24.0 Å². The number of carbonyl (C=O) groups is 1. The molecule has 1 amide bonds. The molecule has 0 unspecified atom stereocenters. The van der Waals surface area contributed by atoms with E-state index in [0.717, 1.165) is 16.9 Å². The van der Waals surface area contributed by atoms with Gasteiger partial charge in [0.15, 0.2) is 0 Å². The van der Waals surface area contributed by atoms with E-state index in [-0.39, 0.29) is 5.41 Å². The molecule has 0 saturated heterocycles. The van der Waals surface area contributed by atoms with Gasteiger partial charge in [0.1, 0.15) is 6.54 Å². The summed E-state index contributed by atoms with van der Waals surface area (Å²) in [7, 11) is 0. The van der Waals surface area contributed by atoms with Gasteiger partial charge in [-0.25, -0.2) is 0 Å². The quantitative estimate of drug-likeness (QED) is 0.798. The number of hydrogen-bond acceptors (Lipinski definition) is 2. The van der Waals surface area contributed by atoms with Crippen molar-refractivity contribution in [2.24, 2.45) is 11.3 Å². The molecule has 24 heavy (non-hydrogen) atoms. The van der Waals surface area contributed by atoms with E-state index >= 15 is 0 Å². The van der Waals surface area contributed by atoms with E-state index in [1.807, 2.05) is 0 Å². The Morgan fingerprint density at radius 2 is 1.92 bits per heavy atom. The average Bonchev–Trinajstić information content (AvgIpc) is 3.19. The lowest BCUT2D eigenvalue weighted by Crippen LogP contribution is -2.41. The predicted molar refractivity (Wildman–Crippen MR) is 86.0 cm³/mol. The molecule has 2 atom stereocenters. The fourth-order valence-corrected chi connectivity index (χ4v) is 3.76. The van der Waals surface area contributed by atoms with Crippen LogP contribution in [0.25, 0.3) is 0 Å². The fourth-order valence-electron chi connectivity index (χ4n) is 3.76. The largest absolute Gasteiger partial charge is 0.406 e. The molecule has 1 aliphatic carbocycles. The van der Waals surface area contributed by atoms with Crippen LogP contribution in [0.5, 0.6) is 0 Å². The van der Waals surface area contributed by atoms with Crippen LogP contribution in [0.4, 0.5) is 18.9 Å². The van der Waals surface area contributed by atoms with Crippen molar-refractivity contribution < 1.29 is 18.0 Å². The van der Waals surface area contributed by atoms with Gasteiger partial charge in [0.25, 0.3) is 0 Å². The molecule has 0 aromatic carbocycles. The zero-order chi connectivity index (χ0) is 18.1. The smallest absolute Gasteiger partial charge is 0.301 e. The van der Waals surface area contributed by atoms with Crippen molar-refractivity contribution in [2.45, 2.75) is 58.5 Å². The first-order chi connectivity index (χ1) is 10.8. The van der Waals surface area contributed by atoms with E-state index in [2.05, 4.69) is 25.8 Å². The molecule has 0 spiro atoms. The Bertz CT molecular complexity index is 688. The second-order valence-electron chi connectivity index (χ2n) is 8.58. The summed E-state index contributed by atoms with van der Waals surface area (Å²) in [6.07, 6.45) is -1.68. The topological polar surface area (TPSA) is 33.2 Å². The molecular weight excluding hydrogens is 317 g/mol. The van der Waals surface area contributed by atoms with Crippen molar-refractivity contribution in [2.75, 3.05) is 11.4 Å². The summed E-state index contributed by atoms with van der Waals surface area (Å²) < 4.78 is 38.7. The van der Waals surface area contributed by atoms with Crippen LogP contribution in [0.2, 0.25) is 0 Å². The van der Waals surface area contributed by atoms with Crippen LogP contribution in [-0.4, -0.2) is 23.6 Å². The highest BCUT2D eigenvalue weighted by Gasteiger charge is 2.50. The molecule has 6 heteroatoms. The van der Waals surface area contributed by atoms with Crippen molar-refractivity contribution in [3.63, 3.8) is 0 Å². The highest BCUT2D eigenvalue weighted by atomic mass is 19.4. The van der Waals surface area contributed by atoms with Gasteiger partial charge in [0, 0.05) is 6.20 Å². The fraction of sp³-hybridized carbons (Fsp3) is 0.667. The van der Waals surface area contributed by atoms with Gasteiger partial charge in [-0.1, -0.05) is 20.8 Å². The number of pyridine rings is 1. The second-order valence-corrected chi connectivity index (χ2v) is 8.58. The molecule has 2 aliphatic rings. The standard InChI is InChI=1S/C18H23F3N2O/c1-16(2,3)12-7-11(12)10-6-13-14(22-8-10)17(4,5)15(24)23(13)9-18(19,20)21/h6,8,11-12H,7,9H2,1-5H3/t11-,12+/m1/s1. The zero-order valence-corrected chi connectivity index (χ0v) is 14.7. The molecule has 0 bridgehead atoms. The van der Waals surface area contributed by atoms with E-state index in [0.29, 0.717) is 23.2 Å². The van der Waals surface area contributed by atoms with Gasteiger partial charge < -0.3 is 4.90 Å². The Morgan fingerprint density at radius 1 is 1.29 bits per heavy atom. The summed E-state index contributed by atoms with van der Waals surface area (Å²) in [6, 6.07) is 1.75. The molecule has 132 valence electrons. The summed E-state index contributed by atoms with van der Waals surface area (Å²) in [5.74, 6) is 0.274. The van der Waals surface area contributed by atoms with Crippen LogP contribution in [0.15, 0.2) is 12.3 Å². The molecule has 1 saturated carbocycles. The lowest BCUT2D eigenvalue weighted by atomic mass is 9.87. The second kappa shape index (κ2) is 4.96. The monoisotopic (exact) mass is 340 g/mol. The maximum atomic E-state index is 12.9. The van der Waals surface area contributed by atoms with Crippen LogP contribution < -0.4 is 4.90 Å². The number of fused-ring (bicyclic) bond motifs is 1. The third-order valence-electron chi connectivity index (χ3n) is 5.22. The van der Waals surface area contributed by atoms with Crippen LogP contribution in [0.1, 0.15) is 58.2 Å². The number of rotatable bonds is 2. The number of anilines is 1. The Balaban J connectivity index is 1.97. The van der Waals surface area contributed by atoms with E-state index in [1.54, 1.807) is 26.1 Å². The van der Waals surface area contributed by atoms with Gasteiger partial charge in [-0.2, -0.15) is 13.2 Å². The number of amides is 1. The molecule has 3 rings (SSSR count). The maximum absolute atomic E-state index is 12.9. The summed E-state index contributed by atoms with van der Waals surface area (Å²) >= 11 is 0. The number of alkyl halides is 3. The van der Waals surface area contributed by atoms with Crippen molar-refractivity contribution in [3.8, 4) is 0 Å². The number of aromatic nitrogens is 1. The molecular formula is C18H23F3N2O. The minimum absolute atomic E-state index is 0.157. The highest BCUT2D eigenvalue weighted by molar-refractivity contribution is 6.07. The molecule has 1 fully saturated rings. The van der Waals surface area contributed by atoms with E-state index in [9.17, 15) is 18.0 Å². The van der Waals surface area contributed by atoms with Gasteiger partial charge in [0.05, 0.1) is 16.8 Å². The van der Waals surface area contributed by atoms with Crippen LogP contribution in [0.3, 0.4) is 0 Å². The number of nitrogens with zero attached hydrogens (tertiary/aromatic N) is 2. The highest BCUT2D eigenvalue weighted by Crippen LogP contribution is 2.57. The molecule has 2 heterocycles. The van der Waals surface area contributed by atoms with Crippen molar-refractivity contribution >= 4 is 11.6 Å². The first kappa shape index (κ1) is 17.2. The maximum Gasteiger partial charge on any atom is 0.406 e. The SMILES string of the molecule is CC1(C)C(=O)N(CC(F)(F)F)c2cc([C@H]3C[C@@H]3C(C)(C)C)cnc21. The lowest BCUT2D eigenvalue weighted by Gasteiger charge is -2.21. The molecule has 0 radical (unpaired) electrons. The normalized spacial score (nSPS) is 25.8. The molecule has 1 aromatic heterocycles. The Kier molecular flexibility index (Phi) is 3.56. The first-order valence-electron chi connectivity index (χ1n) is 8.21. The van der Waals surface area contributed by atoms with E-state index in [1.165, 1.54) is 0 Å². The van der Waals surface area contributed by atoms with Gasteiger partial charge in [0.2, 0.25) is 5.91 Å². The number of carbonyl (C=O) groups excluding carboxylic acids is 1. The van der Waals surface area contributed by atoms with Crippen LogP contribution >= 0.6 is 0 Å². The van der Waals surface area contributed by atoms with Gasteiger partial charge >= 0.3 is 6.18 Å². The average molecular weight is 340 g/mol. The van der Waals surface area contributed by atoms with Crippen LogP contribution in [-0.2, 0) is 10.2 Å². The number of halogens is 3. The van der Waals surface area contributed by atoms with Crippen molar-refractivity contribution in [3.05, 3.63) is 23.5 Å². The lowest BCUT2D eigenvalue weighted by molar-refractivity contribution is -0.134. The van der Waals surface area contributed by atoms with Gasteiger partial charge in [-0.3, -0.25) is 9.78 Å². The molecule has 1 aliphatic heterocycles. The summed E-state index contributed by atoms with van der Waals surface area (Å²) in [6.45, 7) is 8.50. The van der Waals surface area contributed by atoms with E-state index in [4.69, 9.17) is 0 Å². The van der Waals surface area contributed by atoms with Gasteiger partial charge in [-0.15, -0.1) is 0 Å². The summed E-state index contributed by atoms with van der Waals surface area (Å²) in [5.41, 5.74) is 0.829. The van der Waals surface area contributed by atoms with Crippen LogP contribution in [0, 0.1) is 11.3 Å². The van der Waals surface area contributed by atoms with Gasteiger partial charge in [-0.05, 0) is 49.1 Å². The minimum atomic E-state index is -4.43. The summed E-state index contributed by atoms with van der Waals surface area (Å²) in [4.78, 5) is 17.7. The first-order valence-corrected chi connectivity index (χ1v) is 8.21. The number of hydrogen-bond donors (Lipinski definition) is 0. The zero-order valence-electron chi connectivity index (χ0n) is 14.7. The van der Waals surface area contributed by atoms with Crippen molar-refractivity contribution in [1.82, 2.24) is 4.98 Å². The third kappa shape index (κ3) is 2.80. The molecule has 0 N–H and O–H groups in total. The Hall–Kier alpha value is -1.59. The molecule has 3 nitrogen and oxygen atoms in total.